The van der Waals surface area contributed by atoms with E-state index >= 15 is 0 Å². The summed E-state index contributed by atoms with van der Waals surface area (Å²) in [6.45, 7) is 4.32. The first-order valence-electron chi connectivity index (χ1n) is 8.44. The molecule has 2 rings (SSSR count). The first kappa shape index (κ1) is 23.0. The van der Waals surface area contributed by atoms with Gasteiger partial charge in [-0.05, 0) is 33.3 Å². The van der Waals surface area contributed by atoms with Gasteiger partial charge in [-0.2, -0.15) is 36.5 Å². The summed E-state index contributed by atoms with van der Waals surface area (Å²) in [5.74, 6) is -0.573. The molecule has 0 aromatic carbocycles. The number of nitrogens with zero attached hydrogens (tertiary/aromatic N) is 4. The summed E-state index contributed by atoms with van der Waals surface area (Å²) in [6, 6.07) is -0.157. The Morgan fingerprint density at radius 3 is 2.28 bits per heavy atom. The average Bonchev–Trinajstić information content (AvgIpc) is 3.12. The summed E-state index contributed by atoms with van der Waals surface area (Å²) in [6.07, 6.45) is -9.06. The van der Waals surface area contributed by atoms with Crippen LogP contribution in [0.2, 0.25) is 5.02 Å². The maximum atomic E-state index is 12.8. The molecule has 0 saturated heterocycles. The van der Waals surface area contributed by atoms with Gasteiger partial charge >= 0.3 is 12.4 Å². The minimum Gasteiger partial charge on any atom is -0.354 e. The van der Waals surface area contributed by atoms with Crippen molar-refractivity contribution in [2.45, 2.75) is 52.1 Å². The summed E-state index contributed by atoms with van der Waals surface area (Å²) in [7, 11) is 0. The van der Waals surface area contributed by atoms with Gasteiger partial charge in [0.15, 0.2) is 11.4 Å². The van der Waals surface area contributed by atoms with Crippen molar-refractivity contribution in [2.24, 2.45) is 0 Å². The fourth-order valence-corrected chi connectivity index (χ4v) is 2.88. The molecule has 1 unspecified atom stereocenters. The van der Waals surface area contributed by atoms with Crippen molar-refractivity contribution >= 4 is 17.5 Å². The van der Waals surface area contributed by atoms with Crippen molar-refractivity contribution in [3.05, 3.63) is 33.9 Å². The van der Waals surface area contributed by atoms with E-state index in [4.69, 9.17) is 11.6 Å². The maximum Gasteiger partial charge on any atom is 0.436 e. The van der Waals surface area contributed by atoms with E-state index in [2.05, 4.69) is 15.5 Å². The maximum absolute atomic E-state index is 12.8. The van der Waals surface area contributed by atoms with Crippen LogP contribution in [0.25, 0.3) is 0 Å². The van der Waals surface area contributed by atoms with Crippen LogP contribution in [0.5, 0.6) is 0 Å². The Kier molecular flexibility index (Phi) is 6.55. The van der Waals surface area contributed by atoms with Gasteiger partial charge in [0.25, 0.3) is 0 Å². The van der Waals surface area contributed by atoms with Gasteiger partial charge in [-0.3, -0.25) is 14.2 Å². The van der Waals surface area contributed by atoms with E-state index in [0.29, 0.717) is 0 Å². The molecule has 1 atom stereocenters. The van der Waals surface area contributed by atoms with Crippen LogP contribution in [0.1, 0.15) is 42.2 Å². The smallest absolute Gasteiger partial charge is 0.354 e. The zero-order valence-electron chi connectivity index (χ0n) is 15.6. The first-order valence-corrected chi connectivity index (χ1v) is 8.82. The number of alkyl halides is 6. The molecule has 1 amide bonds. The second-order valence-electron chi connectivity index (χ2n) is 6.40. The van der Waals surface area contributed by atoms with Crippen molar-refractivity contribution in [3.63, 3.8) is 0 Å². The molecule has 162 valence electrons. The number of nitrogens with one attached hydrogen (secondary N) is 1. The summed E-state index contributed by atoms with van der Waals surface area (Å²) in [5.41, 5.74) is -1.96. The molecule has 0 aliphatic rings. The minimum atomic E-state index is -4.67. The molecule has 0 saturated carbocycles. The Morgan fingerprint density at radius 1 is 1.17 bits per heavy atom. The van der Waals surface area contributed by atoms with Crippen molar-refractivity contribution in [1.29, 1.82) is 0 Å². The van der Waals surface area contributed by atoms with Crippen LogP contribution >= 0.6 is 11.6 Å². The topological polar surface area (TPSA) is 64.7 Å². The zero-order chi connectivity index (χ0) is 22.1. The van der Waals surface area contributed by atoms with Gasteiger partial charge in [-0.15, -0.1) is 0 Å². The van der Waals surface area contributed by atoms with E-state index < -0.39 is 40.7 Å². The number of rotatable bonds is 6. The lowest BCUT2D eigenvalue weighted by Crippen LogP contribution is -2.33. The highest BCUT2D eigenvalue weighted by Crippen LogP contribution is 2.35. The second kappa shape index (κ2) is 8.25. The van der Waals surface area contributed by atoms with Crippen molar-refractivity contribution < 1.29 is 31.1 Å². The predicted octanol–water partition coefficient (Wildman–Crippen LogP) is 4.15. The van der Waals surface area contributed by atoms with Crippen molar-refractivity contribution in [3.8, 4) is 0 Å². The standard InChI is InChI=1S/C16H18ClF6N5O/c1-8-7-11(15(18,19)20)25-28(8)10(3)14(29)24-5-4-6-27-9(2)12(17)13(26-27)16(21,22)23/h7,10H,4-6H2,1-3H3,(H,24,29). The van der Waals surface area contributed by atoms with Crippen LogP contribution in [0, 0.1) is 13.8 Å². The van der Waals surface area contributed by atoms with Crippen LogP contribution in [0.3, 0.4) is 0 Å². The lowest BCUT2D eigenvalue weighted by molar-refractivity contribution is -0.142. The number of carbonyl (C=O) groups excluding carboxylic acids is 1. The molecule has 0 aliphatic carbocycles. The van der Waals surface area contributed by atoms with Gasteiger partial charge in [0.05, 0.1) is 10.7 Å². The second-order valence-corrected chi connectivity index (χ2v) is 6.78. The quantitative estimate of drug-likeness (QED) is 0.536. The molecule has 0 fully saturated rings. The van der Waals surface area contributed by atoms with Gasteiger partial charge in [-0.25, -0.2) is 0 Å². The van der Waals surface area contributed by atoms with Gasteiger partial charge in [0.1, 0.15) is 6.04 Å². The number of aryl methyl sites for hydroxylation is 2. The van der Waals surface area contributed by atoms with Crippen LogP contribution in [0.4, 0.5) is 26.3 Å². The van der Waals surface area contributed by atoms with Gasteiger partial charge in [0.2, 0.25) is 5.91 Å². The number of amides is 1. The van der Waals surface area contributed by atoms with Crippen molar-refractivity contribution in [1.82, 2.24) is 24.9 Å². The number of carbonyl (C=O) groups is 1. The monoisotopic (exact) mass is 445 g/mol. The molecule has 0 radical (unpaired) electrons. The Balaban J connectivity index is 1.93. The molecule has 29 heavy (non-hydrogen) atoms. The molecule has 6 nitrogen and oxygen atoms in total. The van der Waals surface area contributed by atoms with Gasteiger partial charge < -0.3 is 5.32 Å². The molecule has 0 bridgehead atoms. The van der Waals surface area contributed by atoms with Crippen LogP contribution in [0.15, 0.2) is 6.07 Å². The number of hydrogen-bond acceptors (Lipinski definition) is 3. The minimum absolute atomic E-state index is 0.0648. The fourth-order valence-electron chi connectivity index (χ4n) is 2.64. The molecule has 2 aromatic heterocycles. The molecule has 2 heterocycles. The Bertz CT molecular complexity index is 886. The van der Waals surface area contributed by atoms with E-state index in [0.717, 1.165) is 15.4 Å². The summed E-state index contributed by atoms with van der Waals surface area (Å²) in [4.78, 5) is 12.2. The lowest BCUT2D eigenvalue weighted by atomic mass is 10.3. The van der Waals surface area contributed by atoms with Gasteiger partial charge in [-0.1, -0.05) is 11.6 Å². The Morgan fingerprint density at radius 2 is 1.79 bits per heavy atom. The first-order chi connectivity index (χ1) is 13.2. The van der Waals surface area contributed by atoms with E-state index in [1.165, 1.54) is 20.8 Å². The third-order valence-electron chi connectivity index (χ3n) is 4.21. The van der Waals surface area contributed by atoms with Gasteiger partial charge in [0, 0.05) is 18.8 Å². The van der Waals surface area contributed by atoms with E-state index in [9.17, 15) is 31.1 Å². The highest BCUT2D eigenvalue weighted by molar-refractivity contribution is 6.31. The number of hydrogen-bond donors (Lipinski definition) is 1. The van der Waals surface area contributed by atoms with Crippen LogP contribution < -0.4 is 5.32 Å². The molecule has 0 spiro atoms. The normalized spacial score (nSPS) is 13.6. The predicted molar refractivity (Wildman–Crippen MR) is 91.3 cm³/mol. The third kappa shape index (κ3) is 5.22. The lowest BCUT2D eigenvalue weighted by Gasteiger charge is -2.14. The molecule has 0 aliphatic heterocycles. The van der Waals surface area contributed by atoms with E-state index in [-0.39, 0.29) is 30.9 Å². The van der Waals surface area contributed by atoms with Crippen LogP contribution in [-0.2, 0) is 23.7 Å². The molecular weight excluding hydrogens is 428 g/mol. The number of aromatic nitrogens is 4. The van der Waals surface area contributed by atoms with E-state index in [1.54, 1.807) is 0 Å². The number of halogens is 7. The summed E-state index contributed by atoms with van der Waals surface area (Å²) < 4.78 is 78.6. The highest BCUT2D eigenvalue weighted by atomic mass is 35.5. The molecule has 1 N–H and O–H groups in total. The zero-order valence-corrected chi connectivity index (χ0v) is 16.4. The molecule has 13 heteroatoms. The van der Waals surface area contributed by atoms with Crippen molar-refractivity contribution in [2.75, 3.05) is 6.54 Å². The Hall–Kier alpha value is -2.24. The summed E-state index contributed by atoms with van der Waals surface area (Å²) in [5, 5.41) is 8.90. The summed E-state index contributed by atoms with van der Waals surface area (Å²) >= 11 is 5.66. The SMILES string of the molecule is Cc1c(Cl)c(C(F)(F)F)nn1CCCNC(=O)C(C)n1nc(C(F)(F)F)cc1C. The Labute approximate surface area is 166 Å². The third-order valence-corrected chi connectivity index (χ3v) is 4.66. The molecular formula is C16H18ClF6N5O. The van der Waals surface area contributed by atoms with E-state index in [1.807, 2.05) is 0 Å². The molecule has 2 aromatic rings. The van der Waals surface area contributed by atoms with Crippen LogP contribution in [-0.4, -0.2) is 32.0 Å². The average molecular weight is 446 g/mol. The largest absolute Gasteiger partial charge is 0.436 e. The fraction of sp³-hybridized carbons (Fsp3) is 0.562. The highest BCUT2D eigenvalue weighted by Gasteiger charge is 2.38.